The highest BCUT2D eigenvalue weighted by molar-refractivity contribution is 7.89. The molecule has 1 aromatic rings. The third-order valence-electron chi connectivity index (χ3n) is 3.88. The standard InChI is InChI=1S/C14H21FN2O3S.ClH/c1-10-13(5-4-12(20-3)14(10)15)21(18,19)17-7-6-11(9-17)8-16-2;/h4-5,11,16H,6-9H2,1-3H3;1H. The fourth-order valence-corrected chi connectivity index (χ4v) is 4.44. The average molecular weight is 353 g/mol. The molecule has 2 rings (SSSR count). The monoisotopic (exact) mass is 352 g/mol. The van der Waals surface area contributed by atoms with E-state index in [2.05, 4.69) is 5.32 Å². The van der Waals surface area contributed by atoms with Gasteiger partial charge in [-0.3, -0.25) is 0 Å². The predicted octanol–water partition coefficient (Wildman–Crippen LogP) is 1.79. The summed E-state index contributed by atoms with van der Waals surface area (Å²) < 4.78 is 45.7. The number of ether oxygens (including phenoxy) is 1. The van der Waals surface area contributed by atoms with Crippen LogP contribution in [-0.2, 0) is 10.0 Å². The third-order valence-corrected chi connectivity index (χ3v) is 5.89. The minimum absolute atomic E-state index is 0. The molecular formula is C14H22ClFN2O3S. The van der Waals surface area contributed by atoms with Gasteiger partial charge in [0.25, 0.3) is 0 Å². The molecule has 0 aliphatic carbocycles. The van der Waals surface area contributed by atoms with Crippen molar-refractivity contribution in [1.82, 2.24) is 9.62 Å². The fraction of sp³-hybridized carbons (Fsp3) is 0.571. The molecule has 0 bridgehead atoms. The van der Waals surface area contributed by atoms with Crippen LogP contribution in [0.15, 0.2) is 17.0 Å². The molecule has 1 saturated heterocycles. The van der Waals surface area contributed by atoms with Gasteiger partial charge < -0.3 is 10.1 Å². The highest BCUT2D eigenvalue weighted by atomic mass is 35.5. The second kappa shape index (κ2) is 7.59. The molecule has 0 saturated carbocycles. The van der Waals surface area contributed by atoms with E-state index in [-0.39, 0.29) is 28.6 Å². The van der Waals surface area contributed by atoms with Gasteiger partial charge in [-0.2, -0.15) is 4.31 Å². The Kier molecular flexibility index (Phi) is 6.61. The van der Waals surface area contributed by atoms with Gasteiger partial charge in [-0.25, -0.2) is 12.8 Å². The zero-order valence-corrected chi connectivity index (χ0v) is 14.6. The van der Waals surface area contributed by atoms with Crippen molar-refractivity contribution < 1.29 is 17.5 Å². The smallest absolute Gasteiger partial charge is 0.243 e. The van der Waals surface area contributed by atoms with E-state index in [1.807, 2.05) is 7.05 Å². The van der Waals surface area contributed by atoms with Gasteiger partial charge in [0.2, 0.25) is 10.0 Å². The van der Waals surface area contributed by atoms with Crippen LogP contribution in [0.5, 0.6) is 5.75 Å². The molecule has 1 unspecified atom stereocenters. The summed E-state index contributed by atoms with van der Waals surface area (Å²) in [7, 11) is -0.455. The summed E-state index contributed by atoms with van der Waals surface area (Å²) in [5.41, 5.74) is 0.103. The number of hydrogen-bond donors (Lipinski definition) is 1. The number of halogens is 2. The number of nitrogens with zero attached hydrogens (tertiary/aromatic N) is 1. The van der Waals surface area contributed by atoms with Crippen LogP contribution < -0.4 is 10.1 Å². The molecule has 1 fully saturated rings. The largest absolute Gasteiger partial charge is 0.494 e. The fourth-order valence-electron chi connectivity index (χ4n) is 2.69. The molecule has 5 nitrogen and oxygen atoms in total. The van der Waals surface area contributed by atoms with E-state index in [4.69, 9.17) is 4.74 Å². The summed E-state index contributed by atoms with van der Waals surface area (Å²) >= 11 is 0. The van der Waals surface area contributed by atoms with Crippen LogP contribution in [0.1, 0.15) is 12.0 Å². The van der Waals surface area contributed by atoms with Crippen LogP contribution in [0.4, 0.5) is 4.39 Å². The molecule has 1 aromatic carbocycles. The van der Waals surface area contributed by atoms with Gasteiger partial charge in [-0.1, -0.05) is 0 Å². The van der Waals surface area contributed by atoms with Crippen LogP contribution in [0.2, 0.25) is 0 Å². The second-order valence-corrected chi connectivity index (χ2v) is 7.19. The average Bonchev–Trinajstić information content (AvgIpc) is 2.91. The maximum Gasteiger partial charge on any atom is 0.243 e. The van der Waals surface area contributed by atoms with E-state index in [0.29, 0.717) is 19.0 Å². The van der Waals surface area contributed by atoms with Gasteiger partial charge in [0.05, 0.1) is 12.0 Å². The zero-order chi connectivity index (χ0) is 15.6. The van der Waals surface area contributed by atoms with Crippen LogP contribution >= 0.6 is 12.4 Å². The van der Waals surface area contributed by atoms with E-state index in [1.54, 1.807) is 0 Å². The Morgan fingerprint density at radius 3 is 2.73 bits per heavy atom. The van der Waals surface area contributed by atoms with Crippen LogP contribution in [0.25, 0.3) is 0 Å². The normalized spacial score (nSPS) is 19.0. The van der Waals surface area contributed by atoms with E-state index >= 15 is 0 Å². The van der Waals surface area contributed by atoms with Crippen molar-refractivity contribution in [2.75, 3.05) is 33.8 Å². The molecular weight excluding hydrogens is 331 g/mol. The van der Waals surface area contributed by atoms with E-state index in [0.717, 1.165) is 13.0 Å². The first kappa shape index (κ1) is 19.2. The Morgan fingerprint density at radius 1 is 1.45 bits per heavy atom. The first-order valence-electron chi connectivity index (χ1n) is 6.89. The molecule has 1 atom stereocenters. The van der Waals surface area contributed by atoms with Crippen LogP contribution in [0.3, 0.4) is 0 Å². The number of nitrogens with one attached hydrogen (secondary N) is 1. The molecule has 22 heavy (non-hydrogen) atoms. The van der Waals surface area contributed by atoms with Gasteiger partial charge in [0.15, 0.2) is 11.6 Å². The van der Waals surface area contributed by atoms with Crippen molar-refractivity contribution in [1.29, 1.82) is 0 Å². The molecule has 1 aliphatic heterocycles. The predicted molar refractivity (Wildman–Crippen MR) is 85.7 cm³/mol. The van der Waals surface area contributed by atoms with E-state index in [1.165, 1.54) is 30.5 Å². The summed E-state index contributed by atoms with van der Waals surface area (Å²) in [5.74, 6) is -0.265. The Morgan fingerprint density at radius 2 is 2.14 bits per heavy atom. The number of rotatable bonds is 5. The molecule has 1 heterocycles. The number of methoxy groups -OCH3 is 1. The van der Waals surface area contributed by atoms with Gasteiger partial charge in [-0.15, -0.1) is 12.4 Å². The minimum Gasteiger partial charge on any atom is -0.494 e. The van der Waals surface area contributed by atoms with Gasteiger partial charge >= 0.3 is 0 Å². The van der Waals surface area contributed by atoms with Gasteiger partial charge in [-0.05, 0) is 45.0 Å². The Balaban J connectivity index is 0.00000242. The SMILES string of the molecule is CNCC1CCN(S(=O)(=O)c2ccc(OC)c(F)c2C)C1.Cl. The highest BCUT2D eigenvalue weighted by Crippen LogP contribution is 2.30. The van der Waals surface area contributed by atoms with Crippen molar-refractivity contribution in [3.8, 4) is 5.75 Å². The summed E-state index contributed by atoms with van der Waals surface area (Å²) in [4.78, 5) is 0.0194. The maximum absolute atomic E-state index is 14.1. The Hall–Kier alpha value is -0.890. The summed E-state index contributed by atoms with van der Waals surface area (Å²) in [5, 5.41) is 3.06. The Labute approximate surface area is 137 Å². The Bertz CT molecular complexity index is 625. The lowest BCUT2D eigenvalue weighted by Gasteiger charge is -2.19. The molecule has 8 heteroatoms. The van der Waals surface area contributed by atoms with E-state index in [9.17, 15) is 12.8 Å². The quantitative estimate of drug-likeness (QED) is 0.877. The second-order valence-electron chi connectivity index (χ2n) is 5.28. The molecule has 0 amide bonds. The van der Waals surface area contributed by atoms with Gasteiger partial charge in [0.1, 0.15) is 0 Å². The minimum atomic E-state index is -3.66. The van der Waals surface area contributed by atoms with Crippen molar-refractivity contribution in [2.24, 2.45) is 5.92 Å². The van der Waals surface area contributed by atoms with Crippen molar-refractivity contribution in [3.63, 3.8) is 0 Å². The number of hydrogen-bond acceptors (Lipinski definition) is 4. The van der Waals surface area contributed by atoms with Crippen LogP contribution in [-0.4, -0.2) is 46.5 Å². The van der Waals surface area contributed by atoms with Crippen LogP contribution in [0, 0.1) is 18.7 Å². The lowest BCUT2D eigenvalue weighted by atomic mass is 10.1. The highest BCUT2D eigenvalue weighted by Gasteiger charge is 2.33. The molecule has 1 aliphatic rings. The lowest BCUT2D eigenvalue weighted by molar-refractivity contribution is 0.383. The molecule has 1 N–H and O–H groups in total. The topological polar surface area (TPSA) is 58.6 Å². The third kappa shape index (κ3) is 3.53. The summed E-state index contributed by atoms with van der Waals surface area (Å²) in [6.07, 6.45) is 0.817. The zero-order valence-electron chi connectivity index (χ0n) is 12.9. The first-order valence-corrected chi connectivity index (χ1v) is 8.33. The molecule has 0 spiro atoms. The van der Waals surface area contributed by atoms with E-state index < -0.39 is 15.8 Å². The van der Waals surface area contributed by atoms with Crippen molar-refractivity contribution in [3.05, 3.63) is 23.5 Å². The number of benzene rings is 1. The molecule has 0 radical (unpaired) electrons. The summed E-state index contributed by atoms with van der Waals surface area (Å²) in [6.45, 7) is 3.19. The van der Waals surface area contributed by atoms with Crippen molar-refractivity contribution >= 4 is 22.4 Å². The molecule has 126 valence electrons. The van der Waals surface area contributed by atoms with Crippen molar-refractivity contribution in [2.45, 2.75) is 18.2 Å². The first-order chi connectivity index (χ1) is 9.91. The lowest BCUT2D eigenvalue weighted by Crippen LogP contribution is -2.31. The maximum atomic E-state index is 14.1. The van der Waals surface area contributed by atoms with Gasteiger partial charge in [0, 0.05) is 18.7 Å². The number of sulfonamides is 1. The summed E-state index contributed by atoms with van der Waals surface area (Å²) in [6, 6.07) is 2.77. The molecule has 0 aromatic heterocycles.